The number of hydrogen-bond donors (Lipinski definition) is 0. The molecule has 0 atom stereocenters. The Bertz CT molecular complexity index is 509. The van der Waals surface area contributed by atoms with Crippen LogP contribution >= 0.6 is 0 Å². The van der Waals surface area contributed by atoms with Crippen molar-refractivity contribution in [1.82, 2.24) is 0 Å². The van der Waals surface area contributed by atoms with Gasteiger partial charge < -0.3 is 19.1 Å². The second kappa shape index (κ2) is 11.9. The van der Waals surface area contributed by atoms with Crippen molar-refractivity contribution in [3.8, 4) is 0 Å². The van der Waals surface area contributed by atoms with Gasteiger partial charge in [-0.3, -0.25) is 0 Å². The van der Waals surface area contributed by atoms with Gasteiger partial charge in [0.1, 0.15) is 0 Å². The zero-order valence-electron chi connectivity index (χ0n) is 16.2. The smallest absolute Gasteiger partial charge is 0.338 e. The molecular formula is C21H33NO4. The lowest BCUT2D eigenvalue weighted by molar-refractivity contribution is 0.0345. The van der Waals surface area contributed by atoms with Crippen molar-refractivity contribution in [2.45, 2.75) is 51.6 Å². The summed E-state index contributed by atoms with van der Waals surface area (Å²) in [7, 11) is 1.75. The Morgan fingerprint density at radius 2 is 1.69 bits per heavy atom. The van der Waals surface area contributed by atoms with Crippen molar-refractivity contribution in [1.29, 1.82) is 0 Å². The number of carbonyl (C=O) groups excluding carboxylic acids is 1. The Kier molecular flexibility index (Phi) is 9.50. The van der Waals surface area contributed by atoms with Gasteiger partial charge in [0.15, 0.2) is 0 Å². The van der Waals surface area contributed by atoms with Gasteiger partial charge in [0, 0.05) is 39.1 Å². The molecule has 0 spiro atoms. The van der Waals surface area contributed by atoms with E-state index in [4.69, 9.17) is 14.2 Å². The topological polar surface area (TPSA) is 48.0 Å². The molecule has 1 aliphatic heterocycles. The molecule has 1 saturated heterocycles. The van der Waals surface area contributed by atoms with E-state index >= 15 is 0 Å². The average Bonchev–Trinajstić information content (AvgIpc) is 2.68. The van der Waals surface area contributed by atoms with E-state index in [2.05, 4.69) is 4.90 Å². The van der Waals surface area contributed by atoms with E-state index in [1.807, 2.05) is 31.2 Å². The summed E-state index contributed by atoms with van der Waals surface area (Å²) in [5.41, 5.74) is 1.77. The summed E-state index contributed by atoms with van der Waals surface area (Å²) >= 11 is 0. The van der Waals surface area contributed by atoms with Crippen LogP contribution in [-0.4, -0.2) is 52.1 Å². The third kappa shape index (κ3) is 6.96. The summed E-state index contributed by atoms with van der Waals surface area (Å²) in [5, 5.41) is 0. The van der Waals surface area contributed by atoms with Gasteiger partial charge in [-0.15, -0.1) is 0 Å². The normalized spacial score (nSPS) is 15.2. The van der Waals surface area contributed by atoms with Gasteiger partial charge >= 0.3 is 5.97 Å². The van der Waals surface area contributed by atoms with Gasteiger partial charge in [-0.25, -0.2) is 4.79 Å². The van der Waals surface area contributed by atoms with Crippen molar-refractivity contribution in [3.05, 3.63) is 29.8 Å². The molecule has 5 nitrogen and oxygen atoms in total. The quantitative estimate of drug-likeness (QED) is 0.438. The molecule has 0 saturated carbocycles. The van der Waals surface area contributed by atoms with Crippen molar-refractivity contribution in [3.63, 3.8) is 0 Å². The van der Waals surface area contributed by atoms with E-state index in [-0.39, 0.29) is 5.97 Å². The number of esters is 1. The summed E-state index contributed by atoms with van der Waals surface area (Å²) in [6.07, 6.45) is 7.21. The van der Waals surface area contributed by atoms with Crippen LogP contribution < -0.4 is 4.90 Å². The van der Waals surface area contributed by atoms with E-state index in [1.54, 1.807) is 7.11 Å². The van der Waals surface area contributed by atoms with Crippen LogP contribution in [0.1, 0.15) is 55.8 Å². The SMILES string of the molecule is CCOC(=O)c1ccc(N2CCC(OCCCCCCOC)CC2)cc1. The van der Waals surface area contributed by atoms with Crippen LogP contribution in [0, 0.1) is 0 Å². The Hall–Kier alpha value is -1.59. The molecular weight excluding hydrogens is 330 g/mol. The monoisotopic (exact) mass is 363 g/mol. The third-order valence-electron chi connectivity index (χ3n) is 4.78. The third-order valence-corrected chi connectivity index (χ3v) is 4.78. The number of benzene rings is 1. The molecule has 2 rings (SSSR count). The van der Waals surface area contributed by atoms with Crippen LogP contribution in [0.5, 0.6) is 0 Å². The highest BCUT2D eigenvalue weighted by Crippen LogP contribution is 2.22. The summed E-state index contributed by atoms with van der Waals surface area (Å²) in [6.45, 7) is 5.95. The van der Waals surface area contributed by atoms with E-state index in [0.717, 1.165) is 57.7 Å². The molecule has 5 heteroatoms. The summed E-state index contributed by atoms with van der Waals surface area (Å²) in [4.78, 5) is 14.1. The first-order chi connectivity index (χ1) is 12.7. The average molecular weight is 363 g/mol. The van der Waals surface area contributed by atoms with Crippen LogP contribution in [0.4, 0.5) is 5.69 Å². The van der Waals surface area contributed by atoms with Crippen LogP contribution in [0.25, 0.3) is 0 Å². The summed E-state index contributed by atoms with van der Waals surface area (Å²) < 4.78 is 16.1. The second-order valence-corrected chi connectivity index (χ2v) is 6.73. The second-order valence-electron chi connectivity index (χ2n) is 6.73. The number of hydrogen-bond acceptors (Lipinski definition) is 5. The van der Waals surface area contributed by atoms with E-state index in [9.17, 15) is 4.79 Å². The first-order valence-electron chi connectivity index (χ1n) is 9.87. The first kappa shape index (κ1) is 20.7. The van der Waals surface area contributed by atoms with Crippen LogP contribution in [0.2, 0.25) is 0 Å². The number of nitrogens with zero attached hydrogens (tertiary/aromatic N) is 1. The van der Waals surface area contributed by atoms with Gasteiger partial charge in [-0.2, -0.15) is 0 Å². The zero-order chi connectivity index (χ0) is 18.6. The Labute approximate surface area is 157 Å². The molecule has 0 bridgehead atoms. The number of anilines is 1. The molecule has 146 valence electrons. The maximum absolute atomic E-state index is 11.7. The number of unbranched alkanes of at least 4 members (excludes halogenated alkanes) is 3. The highest BCUT2D eigenvalue weighted by atomic mass is 16.5. The van der Waals surface area contributed by atoms with Crippen molar-refractivity contribution < 1.29 is 19.0 Å². The maximum Gasteiger partial charge on any atom is 0.338 e. The standard InChI is InChI=1S/C21H33NO4/c1-3-25-21(23)18-8-10-19(11-9-18)22-14-12-20(13-15-22)26-17-7-5-4-6-16-24-2/h8-11,20H,3-7,12-17H2,1-2H3. The number of piperidine rings is 1. The highest BCUT2D eigenvalue weighted by Gasteiger charge is 2.20. The maximum atomic E-state index is 11.7. The molecule has 1 aliphatic rings. The van der Waals surface area contributed by atoms with Crippen LogP contribution in [0.3, 0.4) is 0 Å². The number of rotatable bonds is 11. The van der Waals surface area contributed by atoms with E-state index in [0.29, 0.717) is 18.3 Å². The van der Waals surface area contributed by atoms with E-state index in [1.165, 1.54) is 12.8 Å². The lowest BCUT2D eigenvalue weighted by atomic mass is 10.1. The molecule has 0 radical (unpaired) electrons. The Morgan fingerprint density at radius 1 is 1.04 bits per heavy atom. The fraction of sp³-hybridized carbons (Fsp3) is 0.667. The number of methoxy groups -OCH3 is 1. The molecule has 1 heterocycles. The van der Waals surface area contributed by atoms with Crippen molar-refractivity contribution in [2.75, 3.05) is 44.9 Å². The minimum atomic E-state index is -0.256. The molecule has 0 aliphatic carbocycles. The minimum absolute atomic E-state index is 0.256. The van der Waals surface area contributed by atoms with Gasteiger partial charge in [-0.05, 0) is 56.9 Å². The van der Waals surface area contributed by atoms with Crippen LogP contribution in [0.15, 0.2) is 24.3 Å². The highest BCUT2D eigenvalue weighted by molar-refractivity contribution is 5.89. The Morgan fingerprint density at radius 3 is 2.31 bits per heavy atom. The fourth-order valence-corrected chi connectivity index (χ4v) is 3.26. The molecule has 0 unspecified atom stereocenters. The summed E-state index contributed by atoms with van der Waals surface area (Å²) in [6, 6.07) is 7.71. The summed E-state index contributed by atoms with van der Waals surface area (Å²) in [5.74, 6) is -0.256. The van der Waals surface area contributed by atoms with Crippen molar-refractivity contribution in [2.24, 2.45) is 0 Å². The van der Waals surface area contributed by atoms with Gasteiger partial charge in [0.25, 0.3) is 0 Å². The molecule has 1 aromatic rings. The van der Waals surface area contributed by atoms with Crippen molar-refractivity contribution >= 4 is 11.7 Å². The predicted molar refractivity (Wildman–Crippen MR) is 104 cm³/mol. The number of ether oxygens (including phenoxy) is 3. The predicted octanol–water partition coefficient (Wildman–Crippen LogP) is 4.06. The fourth-order valence-electron chi connectivity index (χ4n) is 3.26. The lowest BCUT2D eigenvalue weighted by Gasteiger charge is -2.33. The molecule has 0 amide bonds. The molecule has 0 aromatic heterocycles. The molecule has 0 N–H and O–H groups in total. The number of carbonyl (C=O) groups is 1. The molecule has 26 heavy (non-hydrogen) atoms. The molecule has 1 fully saturated rings. The zero-order valence-corrected chi connectivity index (χ0v) is 16.2. The van der Waals surface area contributed by atoms with Gasteiger partial charge in [0.05, 0.1) is 18.3 Å². The van der Waals surface area contributed by atoms with Gasteiger partial charge in [-0.1, -0.05) is 12.8 Å². The first-order valence-corrected chi connectivity index (χ1v) is 9.87. The minimum Gasteiger partial charge on any atom is -0.462 e. The molecule has 1 aromatic carbocycles. The van der Waals surface area contributed by atoms with Gasteiger partial charge in [0.2, 0.25) is 0 Å². The Balaban J connectivity index is 1.64. The van der Waals surface area contributed by atoms with Crippen LogP contribution in [-0.2, 0) is 14.2 Å². The van der Waals surface area contributed by atoms with E-state index < -0.39 is 0 Å². The lowest BCUT2D eigenvalue weighted by Crippen LogP contribution is -2.37. The largest absolute Gasteiger partial charge is 0.462 e.